The maximum absolute atomic E-state index is 14.4. The molecular formula is C19H17ClF4N2O4. The van der Waals surface area contributed by atoms with Crippen molar-refractivity contribution in [3.63, 3.8) is 0 Å². The van der Waals surface area contributed by atoms with E-state index in [1.54, 1.807) is 0 Å². The molecule has 0 unspecified atom stereocenters. The van der Waals surface area contributed by atoms with Crippen LogP contribution in [0.1, 0.15) is 36.8 Å². The molecule has 30 heavy (non-hydrogen) atoms. The molecule has 2 aromatic rings. The molecule has 1 aromatic carbocycles. The molecule has 0 spiro atoms. The van der Waals surface area contributed by atoms with Gasteiger partial charge in [0.25, 0.3) is 5.56 Å². The third kappa shape index (κ3) is 4.75. The molecule has 3 rings (SSSR count). The summed E-state index contributed by atoms with van der Waals surface area (Å²) in [6.07, 6.45) is -1.02. The fourth-order valence-electron chi connectivity index (χ4n) is 3.15. The number of hydrogen-bond acceptors (Lipinski definition) is 5. The molecule has 1 aliphatic rings. The zero-order valence-corrected chi connectivity index (χ0v) is 16.5. The first-order chi connectivity index (χ1) is 14.1. The Labute approximate surface area is 173 Å². The van der Waals surface area contributed by atoms with Gasteiger partial charge in [0.15, 0.2) is 12.4 Å². The Kier molecular flexibility index (Phi) is 6.35. The highest BCUT2D eigenvalue weighted by Gasteiger charge is 2.34. The maximum atomic E-state index is 14.4. The Morgan fingerprint density at radius 1 is 1.30 bits per heavy atom. The molecule has 0 atom stereocenters. The van der Waals surface area contributed by atoms with Crippen molar-refractivity contribution in [3.05, 3.63) is 50.7 Å². The first-order valence-corrected chi connectivity index (χ1v) is 9.43. The molecule has 1 aromatic heterocycles. The largest absolute Gasteiger partial charge is 0.480 e. The van der Waals surface area contributed by atoms with Crippen LogP contribution < -0.4 is 10.3 Å². The molecule has 0 amide bonds. The van der Waals surface area contributed by atoms with Gasteiger partial charge in [-0.3, -0.25) is 4.79 Å². The lowest BCUT2D eigenvalue weighted by Gasteiger charge is -2.15. The summed E-state index contributed by atoms with van der Waals surface area (Å²) < 4.78 is 64.2. The predicted molar refractivity (Wildman–Crippen MR) is 98.4 cm³/mol. The van der Waals surface area contributed by atoms with E-state index >= 15 is 0 Å². The minimum atomic E-state index is -4.78. The van der Waals surface area contributed by atoms with Crippen molar-refractivity contribution < 1.29 is 31.8 Å². The van der Waals surface area contributed by atoms with Crippen molar-refractivity contribution in [2.75, 3.05) is 6.61 Å². The number of aromatic nitrogens is 2. The van der Waals surface area contributed by atoms with Crippen molar-refractivity contribution in [2.24, 2.45) is 0 Å². The highest BCUT2D eigenvalue weighted by atomic mass is 35.5. The van der Waals surface area contributed by atoms with E-state index < -0.39 is 46.9 Å². The number of alkyl halides is 3. The second-order valence-corrected chi connectivity index (χ2v) is 7.22. The molecule has 0 radical (unpaired) electrons. The Balaban J connectivity index is 1.85. The summed E-state index contributed by atoms with van der Waals surface area (Å²) in [5, 5.41) is 3.23. The van der Waals surface area contributed by atoms with E-state index in [-0.39, 0.29) is 16.9 Å². The van der Waals surface area contributed by atoms with E-state index in [0.717, 1.165) is 44.7 Å². The lowest BCUT2D eigenvalue weighted by atomic mass is 10.2. The van der Waals surface area contributed by atoms with Gasteiger partial charge in [-0.1, -0.05) is 11.6 Å². The van der Waals surface area contributed by atoms with Gasteiger partial charge in [0.2, 0.25) is 0 Å². The average molecular weight is 449 g/mol. The van der Waals surface area contributed by atoms with Gasteiger partial charge in [-0.2, -0.15) is 23.0 Å². The Hall–Kier alpha value is -2.62. The summed E-state index contributed by atoms with van der Waals surface area (Å²) in [6, 6.07) is 1.80. The summed E-state index contributed by atoms with van der Waals surface area (Å²) >= 11 is 5.93. The standard InChI is InChI=1S/C19H17ClF4N2O4/c1-10-12(19(22,23)24)8-25-26(18(10)28)15-7-16(13(20)6-14(15)21)29-9-17(27)30-11-4-2-3-5-11/h6-8,11H,2-5,9H2,1H3. The minimum absolute atomic E-state index is 0.150. The number of nitrogens with zero attached hydrogens (tertiary/aromatic N) is 2. The van der Waals surface area contributed by atoms with Crippen LogP contribution in [0.15, 0.2) is 23.1 Å². The summed E-state index contributed by atoms with van der Waals surface area (Å²) in [5.74, 6) is -1.79. The van der Waals surface area contributed by atoms with Crippen LogP contribution in [0.5, 0.6) is 5.75 Å². The molecular weight excluding hydrogens is 432 g/mol. The molecule has 0 saturated heterocycles. The number of carbonyl (C=O) groups is 1. The molecule has 1 heterocycles. The van der Waals surface area contributed by atoms with Crippen LogP contribution in [0.4, 0.5) is 17.6 Å². The van der Waals surface area contributed by atoms with Crippen LogP contribution in [0, 0.1) is 12.7 Å². The third-order valence-electron chi connectivity index (χ3n) is 4.70. The highest BCUT2D eigenvalue weighted by molar-refractivity contribution is 6.32. The molecule has 1 aliphatic carbocycles. The van der Waals surface area contributed by atoms with Crippen molar-refractivity contribution in [3.8, 4) is 11.4 Å². The first-order valence-electron chi connectivity index (χ1n) is 9.05. The van der Waals surface area contributed by atoms with Gasteiger partial charge in [0.05, 0.1) is 16.8 Å². The second kappa shape index (κ2) is 8.63. The summed E-state index contributed by atoms with van der Waals surface area (Å²) in [7, 11) is 0. The quantitative estimate of drug-likeness (QED) is 0.506. The van der Waals surface area contributed by atoms with E-state index in [1.807, 2.05) is 0 Å². The van der Waals surface area contributed by atoms with E-state index in [9.17, 15) is 27.2 Å². The molecule has 1 saturated carbocycles. The maximum Gasteiger partial charge on any atom is 0.418 e. The molecule has 0 bridgehead atoms. The van der Waals surface area contributed by atoms with Crippen LogP contribution >= 0.6 is 11.6 Å². The predicted octanol–water partition coefficient (Wildman–Crippen LogP) is 4.22. The van der Waals surface area contributed by atoms with Crippen molar-refractivity contribution >= 4 is 17.6 Å². The Morgan fingerprint density at radius 3 is 2.60 bits per heavy atom. The van der Waals surface area contributed by atoms with Gasteiger partial charge in [-0.25, -0.2) is 9.18 Å². The molecule has 6 nitrogen and oxygen atoms in total. The van der Waals surface area contributed by atoms with Crippen LogP contribution in [0.3, 0.4) is 0 Å². The van der Waals surface area contributed by atoms with E-state index in [2.05, 4.69) is 5.10 Å². The normalized spacial score (nSPS) is 14.7. The smallest absolute Gasteiger partial charge is 0.418 e. The topological polar surface area (TPSA) is 70.4 Å². The average Bonchev–Trinajstić information content (AvgIpc) is 3.15. The fourth-order valence-corrected chi connectivity index (χ4v) is 3.36. The summed E-state index contributed by atoms with van der Waals surface area (Å²) in [4.78, 5) is 24.2. The number of esters is 1. The minimum Gasteiger partial charge on any atom is -0.480 e. The van der Waals surface area contributed by atoms with Crippen molar-refractivity contribution in [1.29, 1.82) is 0 Å². The van der Waals surface area contributed by atoms with Gasteiger partial charge in [0, 0.05) is 11.6 Å². The van der Waals surface area contributed by atoms with Gasteiger partial charge in [-0.15, -0.1) is 0 Å². The zero-order chi connectivity index (χ0) is 22.1. The number of carbonyl (C=O) groups excluding carboxylic acids is 1. The van der Waals surface area contributed by atoms with Gasteiger partial charge < -0.3 is 9.47 Å². The van der Waals surface area contributed by atoms with Crippen LogP contribution in [0.25, 0.3) is 5.69 Å². The first kappa shape index (κ1) is 22.1. The number of benzene rings is 1. The van der Waals surface area contributed by atoms with Crippen LogP contribution in [-0.4, -0.2) is 28.5 Å². The summed E-state index contributed by atoms with van der Waals surface area (Å²) in [6.45, 7) is 0.462. The number of hydrogen-bond donors (Lipinski definition) is 0. The monoisotopic (exact) mass is 448 g/mol. The lowest BCUT2D eigenvalue weighted by Crippen LogP contribution is -2.28. The van der Waals surface area contributed by atoms with E-state index in [1.165, 1.54) is 0 Å². The molecule has 1 fully saturated rings. The second-order valence-electron chi connectivity index (χ2n) is 6.82. The van der Waals surface area contributed by atoms with E-state index in [0.29, 0.717) is 10.9 Å². The Bertz CT molecular complexity index is 1020. The van der Waals surface area contributed by atoms with Crippen molar-refractivity contribution in [1.82, 2.24) is 9.78 Å². The zero-order valence-electron chi connectivity index (χ0n) is 15.8. The van der Waals surface area contributed by atoms with Crippen LogP contribution in [-0.2, 0) is 15.7 Å². The highest BCUT2D eigenvalue weighted by Crippen LogP contribution is 2.32. The van der Waals surface area contributed by atoms with Gasteiger partial charge in [-0.05, 0) is 38.7 Å². The van der Waals surface area contributed by atoms with Crippen LogP contribution in [0.2, 0.25) is 5.02 Å². The number of halogens is 5. The SMILES string of the molecule is Cc1c(C(F)(F)F)cnn(-c2cc(OCC(=O)OC3CCCC3)c(Cl)cc2F)c1=O. The molecule has 0 aliphatic heterocycles. The Morgan fingerprint density at radius 2 is 1.97 bits per heavy atom. The number of rotatable bonds is 5. The lowest BCUT2D eigenvalue weighted by molar-refractivity contribution is -0.151. The third-order valence-corrected chi connectivity index (χ3v) is 5.00. The molecule has 0 N–H and O–H groups in total. The number of ether oxygens (including phenoxy) is 2. The van der Waals surface area contributed by atoms with Gasteiger partial charge in [0.1, 0.15) is 17.5 Å². The fraction of sp³-hybridized carbons (Fsp3) is 0.421. The molecule has 11 heteroatoms. The van der Waals surface area contributed by atoms with E-state index in [4.69, 9.17) is 21.1 Å². The van der Waals surface area contributed by atoms with Gasteiger partial charge >= 0.3 is 12.1 Å². The van der Waals surface area contributed by atoms with Crippen molar-refractivity contribution in [2.45, 2.75) is 44.9 Å². The summed E-state index contributed by atoms with van der Waals surface area (Å²) in [5.41, 5.74) is -3.49. The molecule has 162 valence electrons.